The van der Waals surface area contributed by atoms with Crippen molar-refractivity contribution in [1.82, 2.24) is 9.80 Å². The first-order valence-corrected chi connectivity index (χ1v) is 7.18. The van der Waals surface area contributed by atoms with Crippen LogP contribution in [0, 0.1) is 0 Å². The average Bonchev–Trinajstić information content (AvgIpc) is 2.69. The van der Waals surface area contributed by atoms with E-state index in [0.29, 0.717) is 6.42 Å². The molecule has 0 aromatic carbocycles. The van der Waals surface area contributed by atoms with Crippen molar-refractivity contribution in [3.63, 3.8) is 0 Å². The molecule has 2 saturated heterocycles. The highest BCUT2D eigenvalue weighted by molar-refractivity contribution is 5.87. The fourth-order valence-corrected chi connectivity index (χ4v) is 4.02. The van der Waals surface area contributed by atoms with Gasteiger partial charge in [-0.15, -0.1) is 0 Å². The lowest BCUT2D eigenvalue weighted by molar-refractivity contribution is -0.163. The molecule has 0 spiro atoms. The second kappa shape index (κ2) is 5.12. The molecular weight excluding hydrogens is 244 g/mol. The third-order valence-electron chi connectivity index (χ3n) is 4.60. The van der Waals surface area contributed by atoms with Crippen LogP contribution in [0.4, 0.5) is 0 Å². The number of carbonyl (C=O) groups excluding carboxylic acids is 1. The molecule has 0 saturated carbocycles. The SMILES string of the molecule is CC(=O)N(C(C)C)C1(C(=O)O)CCN2CCCCC21. The molecule has 2 aliphatic rings. The number of amides is 1. The summed E-state index contributed by atoms with van der Waals surface area (Å²) in [6, 6.07) is -0.111. The molecule has 0 radical (unpaired) electrons. The molecule has 2 heterocycles. The molecule has 2 rings (SSSR count). The minimum Gasteiger partial charge on any atom is -0.479 e. The van der Waals surface area contributed by atoms with Crippen molar-refractivity contribution >= 4 is 11.9 Å². The van der Waals surface area contributed by atoms with Gasteiger partial charge in [0.2, 0.25) is 5.91 Å². The summed E-state index contributed by atoms with van der Waals surface area (Å²) in [7, 11) is 0. The van der Waals surface area contributed by atoms with Crippen LogP contribution < -0.4 is 0 Å². The Hall–Kier alpha value is -1.10. The summed E-state index contributed by atoms with van der Waals surface area (Å²) in [5, 5.41) is 9.85. The number of piperidine rings is 1. The van der Waals surface area contributed by atoms with E-state index in [1.165, 1.54) is 6.92 Å². The normalized spacial score (nSPS) is 31.3. The lowest BCUT2D eigenvalue weighted by atomic mass is 9.82. The molecule has 5 nitrogen and oxygen atoms in total. The molecule has 0 aliphatic carbocycles. The molecule has 2 aliphatic heterocycles. The van der Waals surface area contributed by atoms with Crippen LogP contribution in [0.15, 0.2) is 0 Å². The molecule has 2 unspecified atom stereocenters. The summed E-state index contributed by atoms with van der Waals surface area (Å²) in [5.74, 6) is -0.976. The zero-order valence-corrected chi connectivity index (χ0v) is 12.1. The first-order chi connectivity index (χ1) is 8.91. The lowest BCUT2D eigenvalue weighted by Gasteiger charge is -2.46. The Kier molecular flexibility index (Phi) is 3.85. The maximum absolute atomic E-state index is 12.0. The predicted octanol–water partition coefficient (Wildman–Crippen LogP) is 1.32. The Morgan fingerprint density at radius 3 is 2.53 bits per heavy atom. The van der Waals surface area contributed by atoms with Crippen LogP contribution >= 0.6 is 0 Å². The third-order valence-corrected chi connectivity index (χ3v) is 4.60. The van der Waals surface area contributed by atoms with Crippen molar-refractivity contribution in [3.05, 3.63) is 0 Å². The number of aliphatic carboxylic acids is 1. The standard InChI is InChI=1S/C14H24N2O3/c1-10(2)16(11(3)17)14(13(18)19)7-9-15-8-5-4-6-12(14)15/h10,12H,4-9H2,1-3H3,(H,18,19). The number of carboxylic acid groups (broad SMARTS) is 1. The minimum atomic E-state index is -1.03. The topological polar surface area (TPSA) is 60.9 Å². The molecule has 1 N–H and O–H groups in total. The van der Waals surface area contributed by atoms with Crippen LogP contribution in [0.25, 0.3) is 0 Å². The summed E-state index contributed by atoms with van der Waals surface area (Å²) in [6.45, 7) is 7.03. The first-order valence-electron chi connectivity index (χ1n) is 7.18. The number of hydrogen-bond donors (Lipinski definition) is 1. The lowest BCUT2D eigenvalue weighted by Crippen LogP contribution is -2.65. The summed E-state index contributed by atoms with van der Waals surface area (Å²) in [4.78, 5) is 27.9. The van der Waals surface area contributed by atoms with E-state index in [9.17, 15) is 14.7 Å². The quantitative estimate of drug-likeness (QED) is 0.838. The fraction of sp³-hybridized carbons (Fsp3) is 0.857. The summed E-state index contributed by atoms with van der Waals surface area (Å²) < 4.78 is 0. The van der Waals surface area contributed by atoms with E-state index < -0.39 is 11.5 Å². The number of carbonyl (C=O) groups is 2. The monoisotopic (exact) mass is 268 g/mol. The molecule has 0 aromatic heterocycles. The molecule has 19 heavy (non-hydrogen) atoms. The van der Waals surface area contributed by atoms with E-state index in [4.69, 9.17) is 0 Å². The Balaban J connectivity index is 2.42. The van der Waals surface area contributed by atoms with Gasteiger partial charge in [-0.1, -0.05) is 6.42 Å². The Morgan fingerprint density at radius 2 is 2.00 bits per heavy atom. The Morgan fingerprint density at radius 1 is 1.32 bits per heavy atom. The third kappa shape index (κ3) is 2.14. The van der Waals surface area contributed by atoms with Gasteiger partial charge in [-0.2, -0.15) is 0 Å². The molecule has 1 amide bonds. The van der Waals surface area contributed by atoms with Crippen molar-refractivity contribution in [3.8, 4) is 0 Å². The highest BCUT2D eigenvalue weighted by atomic mass is 16.4. The van der Waals surface area contributed by atoms with Gasteiger partial charge in [-0.05, 0) is 39.7 Å². The number of fused-ring (bicyclic) bond motifs is 1. The zero-order valence-electron chi connectivity index (χ0n) is 12.1. The zero-order chi connectivity index (χ0) is 14.2. The van der Waals surface area contributed by atoms with Gasteiger partial charge in [0.05, 0.1) is 0 Å². The van der Waals surface area contributed by atoms with Crippen LogP contribution in [0.2, 0.25) is 0 Å². The van der Waals surface area contributed by atoms with Crippen LogP contribution in [-0.4, -0.2) is 57.5 Å². The van der Waals surface area contributed by atoms with E-state index in [-0.39, 0.29) is 18.0 Å². The van der Waals surface area contributed by atoms with Gasteiger partial charge in [0.25, 0.3) is 0 Å². The van der Waals surface area contributed by atoms with Gasteiger partial charge in [-0.3, -0.25) is 9.69 Å². The van der Waals surface area contributed by atoms with Crippen LogP contribution in [0.3, 0.4) is 0 Å². The fourth-order valence-electron chi connectivity index (χ4n) is 4.02. The van der Waals surface area contributed by atoms with Crippen molar-refractivity contribution in [2.24, 2.45) is 0 Å². The molecule has 108 valence electrons. The van der Waals surface area contributed by atoms with E-state index in [1.807, 2.05) is 13.8 Å². The molecule has 2 atom stereocenters. The van der Waals surface area contributed by atoms with Crippen LogP contribution in [0.1, 0.15) is 46.5 Å². The van der Waals surface area contributed by atoms with Gasteiger partial charge in [0, 0.05) is 25.6 Å². The Labute approximate surface area is 114 Å². The second-order valence-electron chi connectivity index (χ2n) is 6.01. The predicted molar refractivity (Wildman–Crippen MR) is 71.9 cm³/mol. The molecule has 2 fully saturated rings. The molecular formula is C14H24N2O3. The number of hydrogen-bond acceptors (Lipinski definition) is 3. The number of carboxylic acids is 1. The highest BCUT2D eigenvalue weighted by Gasteiger charge is 2.58. The van der Waals surface area contributed by atoms with Gasteiger partial charge >= 0.3 is 5.97 Å². The van der Waals surface area contributed by atoms with Crippen molar-refractivity contribution in [2.75, 3.05) is 13.1 Å². The smallest absolute Gasteiger partial charge is 0.331 e. The van der Waals surface area contributed by atoms with E-state index in [2.05, 4.69) is 4.90 Å². The van der Waals surface area contributed by atoms with Crippen molar-refractivity contribution in [1.29, 1.82) is 0 Å². The largest absolute Gasteiger partial charge is 0.479 e. The van der Waals surface area contributed by atoms with E-state index in [0.717, 1.165) is 32.4 Å². The van der Waals surface area contributed by atoms with E-state index in [1.54, 1.807) is 4.90 Å². The maximum atomic E-state index is 12.0. The number of rotatable bonds is 3. The van der Waals surface area contributed by atoms with Crippen LogP contribution in [-0.2, 0) is 9.59 Å². The van der Waals surface area contributed by atoms with Crippen LogP contribution in [0.5, 0.6) is 0 Å². The first kappa shape index (κ1) is 14.3. The molecule has 0 bridgehead atoms. The van der Waals surface area contributed by atoms with Gasteiger partial charge in [0.1, 0.15) is 0 Å². The summed E-state index contributed by atoms with van der Waals surface area (Å²) >= 11 is 0. The van der Waals surface area contributed by atoms with Crippen molar-refractivity contribution in [2.45, 2.75) is 64.1 Å². The Bertz CT molecular complexity index is 383. The minimum absolute atomic E-state index is 0.0231. The second-order valence-corrected chi connectivity index (χ2v) is 6.01. The summed E-state index contributed by atoms with van der Waals surface area (Å²) in [6.07, 6.45) is 3.61. The van der Waals surface area contributed by atoms with E-state index >= 15 is 0 Å². The summed E-state index contributed by atoms with van der Waals surface area (Å²) in [5.41, 5.74) is -1.03. The van der Waals surface area contributed by atoms with Gasteiger partial charge < -0.3 is 10.0 Å². The van der Waals surface area contributed by atoms with Crippen molar-refractivity contribution < 1.29 is 14.7 Å². The number of nitrogens with zero attached hydrogens (tertiary/aromatic N) is 2. The molecule has 0 aromatic rings. The van der Waals surface area contributed by atoms with Gasteiger partial charge in [0.15, 0.2) is 5.54 Å². The maximum Gasteiger partial charge on any atom is 0.331 e. The van der Waals surface area contributed by atoms with Gasteiger partial charge in [-0.25, -0.2) is 4.79 Å². The average molecular weight is 268 g/mol. The highest BCUT2D eigenvalue weighted by Crippen LogP contribution is 2.40. The molecule has 5 heteroatoms.